The fourth-order valence-corrected chi connectivity index (χ4v) is 3.77. The number of halogens is 1. The first-order chi connectivity index (χ1) is 9.34. The summed E-state index contributed by atoms with van der Waals surface area (Å²) in [5.41, 5.74) is 2.57. The molecule has 2 unspecified atom stereocenters. The van der Waals surface area contributed by atoms with Gasteiger partial charge in [0, 0.05) is 6.04 Å². The summed E-state index contributed by atoms with van der Waals surface area (Å²) in [6.45, 7) is 1.18. The zero-order valence-corrected chi connectivity index (χ0v) is 12.9. The molecule has 0 spiro atoms. The molecule has 1 saturated heterocycles. The van der Waals surface area contributed by atoms with Gasteiger partial charge in [-0.1, -0.05) is 31.4 Å². The Morgan fingerprint density at radius 3 is 2.80 bits per heavy atom. The van der Waals surface area contributed by atoms with Gasteiger partial charge in [-0.3, -0.25) is 0 Å². The molecule has 3 rings (SSSR count). The molecule has 2 aliphatic rings. The highest BCUT2D eigenvalue weighted by molar-refractivity contribution is 5.85. The monoisotopic (exact) mass is 295 g/mol. The van der Waals surface area contributed by atoms with Crippen LogP contribution < -0.4 is 5.32 Å². The SMILES string of the molecule is Cl.Oc1cccc2c1CC(C1CCCCCCN1)CC2. The molecule has 0 bridgehead atoms. The maximum atomic E-state index is 10.1. The summed E-state index contributed by atoms with van der Waals surface area (Å²) in [5.74, 6) is 1.21. The number of fused-ring (bicyclic) bond motifs is 1. The number of aromatic hydroxyl groups is 1. The Morgan fingerprint density at radius 2 is 1.90 bits per heavy atom. The van der Waals surface area contributed by atoms with Crippen molar-refractivity contribution < 1.29 is 5.11 Å². The average Bonchev–Trinajstić information content (AvgIpc) is 2.39. The molecule has 1 aliphatic heterocycles. The molecule has 1 aliphatic carbocycles. The van der Waals surface area contributed by atoms with Gasteiger partial charge in [0.2, 0.25) is 0 Å². The van der Waals surface area contributed by atoms with Gasteiger partial charge in [-0.15, -0.1) is 12.4 Å². The highest BCUT2D eigenvalue weighted by Gasteiger charge is 2.27. The van der Waals surface area contributed by atoms with Crippen molar-refractivity contribution in [3.05, 3.63) is 29.3 Å². The Kier molecular flexibility index (Phi) is 5.74. The molecular weight excluding hydrogens is 270 g/mol. The van der Waals surface area contributed by atoms with Crippen LogP contribution in [0.3, 0.4) is 0 Å². The molecule has 0 amide bonds. The summed E-state index contributed by atoms with van der Waals surface area (Å²) in [4.78, 5) is 0. The highest BCUT2D eigenvalue weighted by atomic mass is 35.5. The predicted molar refractivity (Wildman–Crippen MR) is 85.7 cm³/mol. The number of hydrogen-bond acceptors (Lipinski definition) is 2. The molecule has 20 heavy (non-hydrogen) atoms. The molecule has 1 aromatic rings. The van der Waals surface area contributed by atoms with E-state index in [0.29, 0.717) is 17.7 Å². The fraction of sp³-hybridized carbons (Fsp3) is 0.647. The number of rotatable bonds is 1. The van der Waals surface area contributed by atoms with Crippen LogP contribution in [0.4, 0.5) is 0 Å². The summed E-state index contributed by atoms with van der Waals surface area (Å²) in [7, 11) is 0. The second kappa shape index (κ2) is 7.33. The Balaban J connectivity index is 0.00000147. The summed E-state index contributed by atoms with van der Waals surface area (Å²) in [6, 6.07) is 6.65. The lowest BCUT2D eigenvalue weighted by Gasteiger charge is -2.33. The third-order valence-electron chi connectivity index (χ3n) is 4.92. The van der Waals surface area contributed by atoms with E-state index >= 15 is 0 Å². The lowest BCUT2D eigenvalue weighted by atomic mass is 9.78. The molecule has 112 valence electrons. The van der Waals surface area contributed by atoms with E-state index in [0.717, 1.165) is 12.8 Å². The van der Waals surface area contributed by atoms with Gasteiger partial charge in [-0.05, 0) is 61.8 Å². The van der Waals surface area contributed by atoms with Crippen molar-refractivity contribution in [2.24, 2.45) is 5.92 Å². The Hall–Kier alpha value is -0.730. The van der Waals surface area contributed by atoms with Crippen molar-refractivity contribution in [1.82, 2.24) is 5.32 Å². The van der Waals surface area contributed by atoms with Crippen LogP contribution in [0, 0.1) is 5.92 Å². The molecule has 1 aromatic carbocycles. The van der Waals surface area contributed by atoms with Gasteiger partial charge < -0.3 is 10.4 Å². The minimum Gasteiger partial charge on any atom is -0.508 e. The van der Waals surface area contributed by atoms with Crippen molar-refractivity contribution in [1.29, 1.82) is 0 Å². The summed E-state index contributed by atoms with van der Waals surface area (Å²) in [5, 5.41) is 13.8. The van der Waals surface area contributed by atoms with E-state index in [1.807, 2.05) is 12.1 Å². The molecule has 2 nitrogen and oxygen atoms in total. The Morgan fingerprint density at radius 1 is 1.05 bits per heavy atom. The molecule has 2 atom stereocenters. The van der Waals surface area contributed by atoms with E-state index in [9.17, 15) is 5.11 Å². The minimum atomic E-state index is 0. The van der Waals surface area contributed by atoms with Gasteiger partial charge in [-0.2, -0.15) is 0 Å². The minimum absolute atomic E-state index is 0. The first-order valence-electron chi connectivity index (χ1n) is 7.88. The van der Waals surface area contributed by atoms with Crippen LogP contribution in [0.15, 0.2) is 18.2 Å². The van der Waals surface area contributed by atoms with Gasteiger partial charge >= 0.3 is 0 Å². The standard InChI is InChI=1S/C17H25NO.ClH/c19-17-8-5-6-13-9-10-14(12-15(13)17)16-7-3-1-2-4-11-18-16;/h5-6,8,14,16,18-19H,1-4,7,9-12H2;1H. The highest BCUT2D eigenvalue weighted by Crippen LogP contribution is 2.34. The van der Waals surface area contributed by atoms with Gasteiger partial charge in [0.15, 0.2) is 0 Å². The topological polar surface area (TPSA) is 32.3 Å². The van der Waals surface area contributed by atoms with E-state index in [1.54, 1.807) is 0 Å². The van der Waals surface area contributed by atoms with Crippen molar-refractivity contribution in [3.8, 4) is 5.75 Å². The first kappa shape index (κ1) is 15.7. The number of benzene rings is 1. The van der Waals surface area contributed by atoms with Gasteiger partial charge in [-0.25, -0.2) is 0 Å². The van der Waals surface area contributed by atoms with Crippen LogP contribution in [-0.2, 0) is 12.8 Å². The van der Waals surface area contributed by atoms with Crippen LogP contribution in [0.1, 0.15) is 49.7 Å². The van der Waals surface area contributed by atoms with Gasteiger partial charge in [0.05, 0.1) is 0 Å². The summed E-state index contributed by atoms with van der Waals surface area (Å²) in [6.07, 6.45) is 10.2. The van der Waals surface area contributed by atoms with Crippen LogP contribution >= 0.6 is 12.4 Å². The number of hydrogen-bond donors (Lipinski definition) is 2. The lowest BCUT2D eigenvalue weighted by molar-refractivity contribution is 0.282. The second-order valence-electron chi connectivity index (χ2n) is 6.18. The van der Waals surface area contributed by atoms with Crippen LogP contribution in [0.25, 0.3) is 0 Å². The normalized spacial score (nSPS) is 26.8. The molecule has 1 heterocycles. The number of phenolic OH excluding ortho intramolecular Hbond substituents is 1. The molecule has 2 N–H and O–H groups in total. The Bertz CT molecular complexity index is 427. The molecule has 3 heteroatoms. The second-order valence-corrected chi connectivity index (χ2v) is 6.18. The van der Waals surface area contributed by atoms with Crippen LogP contribution in [-0.4, -0.2) is 17.7 Å². The van der Waals surface area contributed by atoms with Crippen molar-refractivity contribution >= 4 is 12.4 Å². The zero-order valence-electron chi connectivity index (χ0n) is 12.1. The lowest BCUT2D eigenvalue weighted by Crippen LogP contribution is -2.40. The molecule has 0 saturated carbocycles. The van der Waals surface area contributed by atoms with Crippen LogP contribution in [0.2, 0.25) is 0 Å². The van der Waals surface area contributed by atoms with E-state index in [4.69, 9.17) is 0 Å². The molecule has 0 radical (unpaired) electrons. The van der Waals surface area contributed by atoms with Gasteiger partial charge in [0.25, 0.3) is 0 Å². The zero-order chi connectivity index (χ0) is 13.1. The smallest absolute Gasteiger partial charge is 0.119 e. The van der Waals surface area contributed by atoms with Crippen molar-refractivity contribution in [2.45, 2.75) is 57.4 Å². The molecular formula is C17H26ClNO. The van der Waals surface area contributed by atoms with E-state index in [1.165, 1.54) is 56.2 Å². The van der Waals surface area contributed by atoms with E-state index in [2.05, 4.69) is 11.4 Å². The number of phenols is 1. The molecule has 1 fully saturated rings. The van der Waals surface area contributed by atoms with Crippen molar-refractivity contribution in [3.63, 3.8) is 0 Å². The first-order valence-corrected chi connectivity index (χ1v) is 7.88. The summed E-state index contributed by atoms with van der Waals surface area (Å²) < 4.78 is 0. The number of nitrogens with one attached hydrogen (secondary N) is 1. The predicted octanol–water partition coefficient (Wildman–Crippen LogP) is 3.84. The largest absolute Gasteiger partial charge is 0.508 e. The average molecular weight is 296 g/mol. The maximum Gasteiger partial charge on any atom is 0.119 e. The maximum absolute atomic E-state index is 10.1. The quantitative estimate of drug-likeness (QED) is 0.825. The Labute approximate surface area is 128 Å². The third-order valence-corrected chi connectivity index (χ3v) is 4.92. The van der Waals surface area contributed by atoms with E-state index < -0.39 is 0 Å². The third kappa shape index (κ3) is 3.48. The fourth-order valence-electron chi connectivity index (χ4n) is 3.77. The molecule has 0 aromatic heterocycles. The summed E-state index contributed by atoms with van der Waals surface area (Å²) >= 11 is 0. The van der Waals surface area contributed by atoms with Crippen LogP contribution in [0.5, 0.6) is 5.75 Å². The van der Waals surface area contributed by atoms with Crippen molar-refractivity contribution in [2.75, 3.05) is 6.54 Å². The van der Waals surface area contributed by atoms with E-state index in [-0.39, 0.29) is 12.4 Å². The number of aryl methyl sites for hydroxylation is 1. The van der Waals surface area contributed by atoms with Gasteiger partial charge in [0.1, 0.15) is 5.75 Å².